The molecular formula is C12H12F2N2O2. The van der Waals surface area contributed by atoms with Crippen molar-refractivity contribution >= 4 is 17.4 Å². The first-order chi connectivity index (χ1) is 8.43. The molecule has 96 valence electrons. The molecule has 0 saturated carbocycles. The van der Waals surface area contributed by atoms with E-state index in [1.807, 2.05) is 0 Å². The van der Waals surface area contributed by atoms with Gasteiger partial charge >= 0.3 is 0 Å². The molecule has 1 aliphatic rings. The van der Waals surface area contributed by atoms with Crippen LogP contribution < -0.4 is 4.90 Å². The zero-order chi connectivity index (χ0) is 13.4. The highest BCUT2D eigenvalue weighted by molar-refractivity contribution is 6.52. The minimum atomic E-state index is -0.985. The normalized spacial score (nSPS) is 14.6. The van der Waals surface area contributed by atoms with E-state index < -0.39 is 28.9 Å². The van der Waals surface area contributed by atoms with E-state index in [0.717, 1.165) is 17.0 Å². The van der Waals surface area contributed by atoms with Crippen LogP contribution >= 0.6 is 0 Å². The standard InChI is InChI=1S/C12H12F2N2O2/c1-15(2)5-6-16-10-8(14)4-3-7(13)9(10)11(17)12(16)18/h3-4H,5-6H2,1-2H3. The molecular weight excluding hydrogens is 242 g/mol. The Labute approximate surface area is 103 Å². The number of halogens is 2. The molecule has 0 saturated heterocycles. The van der Waals surface area contributed by atoms with Gasteiger partial charge in [-0.25, -0.2) is 8.78 Å². The van der Waals surface area contributed by atoms with Crippen LogP contribution in [0.3, 0.4) is 0 Å². The minimum absolute atomic E-state index is 0.144. The lowest BCUT2D eigenvalue weighted by molar-refractivity contribution is -0.114. The minimum Gasteiger partial charge on any atom is -0.308 e. The van der Waals surface area contributed by atoms with Crippen LogP contribution in [0.15, 0.2) is 12.1 Å². The van der Waals surface area contributed by atoms with Crippen molar-refractivity contribution in [3.8, 4) is 0 Å². The summed E-state index contributed by atoms with van der Waals surface area (Å²) in [7, 11) is 3.57. The zero-order valence-corrected chi connectivity index (χ0v) is 10.0. The highest BCUT2D eigenvalue weighted by Crippen LogP contribution is 2.33. The Hall–Kier alpha value is -1.82. The second kappa shape index (κ2) is 4.45. The molecule has 0 aromatic heterocycles. The summed E-state index contributed by atoms with van der Waals surface area (Å²) in [6.07, 6.45) is 0. The van der Waals surface area contributed by atoms with Gasteiger partial charge in [-0.3, -0.25) is 9.59 Å². The van der Waals surface area contributed by atoms with Crippen LogP contribution in [0.5, 0.6) is 0 Å². The van der Waals surface area contributed by atoms with Crippen LogP contribution in [0.2, 0.25) is 0 Å². The van der Waals surface area contributed by atoms with Crippen LogP contribution in [-0.2, 0) is 4.79 Å². The average Bonchev–Trinajstić information content (AvgIpc) is 2.56. The topological polar surface area (TPSA) is 40.6 Å². The summed E-state index contributed by atoms with van der Waals surface area (Å²) < 4.78 is 27.2. The highest BCUT2D eigenvalue weighted by atomic mass is 19.1. The number of amides is 1. The summed E-state index contributed by atoms with van der Waals surface area (Å²) in [4.78, 5) is 26.1. The lowest BCUT2D eigenvalue weighted by Gasteiger charge is -2.19. The Balaban J connectivity index is 2.45. The number of likely N-dealkylation sites (N-methyl/N-ethyl adjacent to an activating group) is 1. The van der Waals surface area contributed by atoms with Crippen LogP contribution in [0, 0.1) is 11.6 Å². The van der Waals surface area contributed by atoms with Gasteiger partial charge in [0.15, 0.2) is 0 Å². The number of hydrogen-bond donors (Lipinski definition) is 0. The van der Waals surface area contributed by atoms with Crippen molar-refractivity contribution in [1.82, 2.24) is 4.90 Å². The molecule has 2 rings (SSSR count). The first-order valence-electron chi connectivity index (χ1n) is 5.42. The van der Waals surface area contributed by atoms with Crippen LogP contribution in [0.4, 0.5) is 14.5 Å². The van der Waals surface area contributed by atoms with Crippen molar-refractivity contribution in [2.24, 2.45) is 0 Å². The summed E-state index contributed by atoms with van der Waals surface area (Å²) in [6, 6.07) is 1.78. The van der Waals surface area contributed by atoms with E-state index in [9.17, 15) is 18.4 Å². The second-order valence-corrected chi connectivity index (χ2v) is 4.34. The maximum atomic E-state index is 13.7. The molecule has 0 spiro atoms. The molecule has 0 unspecified atom stereocenters. The van der Waals surface area contributed by atoms with Crippen LogP contribution in [0.25, 0.3) is 0 Å². The predicted octanol–water partition coefficient (Wildman–Crippen LogP) is 1.06. The number of rotatable bonds is 3. The van der Waals surface area contributed by atoms with Crippen molar-refractivity contribution < 1.29 is 18.4 Å². The summed E-state index contributed by atoms with van der Waals surface area (Å²) in [5.74, 6) is -3.49. The van der Waals surface area contributed by atoms with Gasteiger partial charge in [-0.15, -0.1) is 0 Å². The van der Waals surface area contributed by atoms with Gasteiger partial charge in [0, 0.05) is 13.1 Å². The largest absolute Gasteiger partial charge is 0.308 e. The maximum Gasteiger partial charge on any atom is 0.299 e. The molecule has 18 heavy (non-hydrogen) atoms. The molecule has 1 aromatic rings. The predicted molar refractivity (Wildman–Crippen MR) is 61.6 cm³/mol. The lowest BCUT2D eigenvalue weighted by Crippen LogP contribution is -2.36. The van der Waals surface area contributed by atoms with Gasteiger partial charge in [-0.2, -0.15) is 0 Å². The van der Waals surface area contributed by atoms with E-state index in [0.29, 0.717) is 6.54 Å². The fourth-order valence-corrected chi connectivity index (χ4v) is 1.87. The molecule has 0 aliphatic carbocycles. The third kappa shape index (κ3) is 1.88. The molecule has 1 aromatic carbocycles. The third-order valence-corrected chi connectivity index (χ3v) is 2.79. The molecule has 1 heterocycles. The molecule has 4 nitrogen and oxygen atoms in total. The Morgan fingerprint density at radius 3 is 2.39 bits per heavy atom. The van der Waals surface area contributed by atoms with E-state index in [1.54, 1.807) is 19.0 Å². The van der Waals surface area contributed by atoms with Crippen molar-refractivity contribution in [2.75, 3.05) is 32.1 Å². The fraction of sp³-hybridized carbons (Fsp3) is 0.333. The van der Waals surface area contributed by atoms with Gasteiger partial charge in [0.1, 0.15) is 11.6 Å². The molecule has 0 bridgehead atoms. The fourth-order valence-electron chi connectivity index (χ4n) is 1.87. The molecule has 0 radical (unpaired) electrons. The number of hydrogen-bond acceptors (Lipinski definition) is 3. The summed E-state index contributed by atoms with van der Waals surface area (Å²) in [6.45, 7) is 0.597. The summed E-state index contributed by atoms with van der Waals surface area (Å²) in [5.41, 5.74) is -0.703. The van der Waals surface area contributed by atoms with E-state index >= 15 is 0 Å². The molecule has 0 N–H and O–H groups in total. The molecule has 0 fully saturated rings. The number of carbonyl (C=O) groups excluding carboxylic acids is 2. The number of benzene rings is 1. The van der Waals surface area contributed by atoms with Crippen molar-refractivity contribution in [2.45, 2.75) is 0 Å². The van der Waals surface area contributed by atoms with E-state index in [2.05, 4.69) is 0 Å². The Kier molecular flexibility index (Phi) is 3.13. The van der Waals surface area contributed by atoms with Gasteiger partial charge in [0.2, 0.25) is 0 Å². The van der Waals surface area contributed by atoms with E-state index in [4.69, 9.17) is 0 Å². The molecule has 1 aliphatic heterocycles. The van der Waals surface area contributed by atoms with Gasteiger partial charge in [0.05, 0.1) is 11.3 Å². The number of ketones is 1. The van der Waals surface area contributed by atoms with E-state index in [1.165, 1.54) is 0 Å². The average molecular weight is 254 g/mol. The number of anilines is 1. The molecule has 1 amide bonds. The number of Topliss-reactive ketones (excluding diaryl/α,β-unsaturated/α-hetero) is 1. The third-order valence-electron chi connectivity index (χ3n) is 2.79. The summed E-state index contributed by atoms with van der Waals surface area (Å²) in [5, 5.41) is 0. The Morgan fingerprint density at radius 1 is 1.17 bits per heavy atom. The maximum absolute atomic E-state index is 13.7. The van der Waals surface area contributed by atoms with Crippen molar-refractivity contribution in [3.63, 3.8) is 0 Å². The number of carbonyl (C=O) groups is 2. The second-order valence-electron chi connectivity index (χ2n) is 4.34. The SMILES string of the molecule is CN(C)CCN1C(=O)C(=O)c2c(F)ccc(F)c21. The van der Waals surface area contributed by atoms with Gasteiger partial charge in [-0.05, 0) is 26.2 Å². The monoisotopic (exact) mass is 254 g/mol. The van der Waals surface area contributed by atoms with Crippen molar-refractivity contribution in [1.29, 1.82) is 0 Å². The quantitative estimate of drug-likeness (QED) is 0.757. The first kappa shape index (κ1) is 12.6. The van der Waals surface area contributed by atoms with Gasteiger partial charge in [0.25, 0.3) is 11.7 Å². The Bertz CT molecular complexity index is 529. The van der Waals surface area contributed by atoms with Gasteiger partial charge < -0.3 is 9.80 Å². The number of fused-ring (bicyclic) bond motifs is 1. The smallest absolute Gasteiger partial charge is 0.299 e. The first-order valence-corrected chi connectivity index (χ1v) is 5.42. The molecule has 0 atom stereocenters. The molecule has 6 heteroatoms. The summed E-state index contributed by atoms with van der Waals surface area (Å²) >= 11 is 0. The lowest BCUT2D eigenvalue weighted by atomic mass is 10.1. The Morgan fingerprint density at radius 2 is 1.78 bits per heavy atom. The van der Waals surface area contributed by atoms with E-state index in [-0.39, 0.29) is 12.2 Å². The van der Waals surface area contributed by atoms with Crippen LogP contribution in [0.1, 0.15) is 10.4 Å². The van der Waals surface area contributed by atoms with Crippen molar-refractivity contribution in [3.05, 3.63) is 29.3 Å². The van der Waals surface area contributed by atoms with Crippen LogP contribution in [-0.4, -0.2) is 43.8 Å². The number of nitrogens with zero attached hydrogens (tertiary/aromatic N) is 2. The highest BCUT2D eigenvalue weighted by Gasteiger charge is 2.40. The van der Waals surface area contributed by atoms with Gasteiger partial charge in [-0.1, -0.05) is 0 Å². The zero-order valence-electron chi connectivity index (χ0n) is 10.0.